The molecule has 3 aromatic rings. The number of aromatic nitrogens is 3. The lowest BCUT2D eigenvalue weighted by Crippen LogP contribution is -2.44. The van der Waals surface area contributed by atoms with E-state index in [2.05, 4.69) is 15.4 Å². The van der Waals surface area contributed by atoms with Gasteiger partial charge in [0.25, 0.3) is 0 Å². The minimum absolute atomic E-state index is 0.0466. The Morgan fingerprint density at radius 2 is 1.70 bits per heavy atom. The highest BCUT2D eigenvalue weighted by atomic mass is 19.4. The van der Waals surface area contributed by atoms with E-state index in [9.17, 15) is 35.5 Å². The van der Waals surface area contributed by atoms with Crippen molar-refractivity contribution >= 4 is 12.2 Å². The first kappa shape index (κ1) is 24.0. The zero-order chi connectivity index (χ0) is 24.6. The molecule has 0 saturated heterocycles. The number of nitrogens with one attached hydrogen (secondary N) is 1. The second-order valence-corrected chi connectivity index (χ2v) is 7.30. The largest absolute Gasteiger partial charge is 0.478 e. The van der Waals surface area contributed by atoms with E-state index in [0.29, 0.717) is 6.20 Å². The van der Waals surface area contributed by atoms with Crippen LogP contribution in [0.25, 0.3) is 16.9 Å². The fraction of sp³-hybridized carbons (Fsp3) is 0.250. The average molecular weight is 476 g/mol. The van der Waals surface area contributed by atoms with Crippen LogP contribution in [0.5, 0.6) is 5.75 Å². The number of anilines is 1. The minimum atomic E-state index is -4.77. The number of carbonyl (C=O) groups is 1. The predicted molar refractivity (Wildman–Crippen MR) is 102 cm³/mol. The summed E-state index contributed by atoms with van der Waals surface area (Å²) in [6.45, 7) is 1.50. The highest BCUT2D eigenvalue weighted by Gasteiger charge is 2.50. The molecule has 3 rings (SSSR count). The van der Waals surface area contributed by atoms with E-state index >= 15 is 0 Å². The van der Waals surface area contributed by atoms with Crippen molar-refractivity contribution in [3.63, 3.8) is 0 Å². The van der Waals surface area contributed by atoms with Gasteiger partial charge in [0.15, 0.2) is 11.4 Å². The maximum absolute atomic E-state index is 14.3. The third-order valence-corrected chi connectivity index (χ3v) is 4.43. The average Bonchev–Trinajstić information content (AvgIpc) is 3.10. The van der Waals surface area contributed by atoms with Gasteiger partial charge in [0.2, 0.25) is 6.41 Å². The van der Waals surface area contributed by atoms with Gasteiger partial charge in [-0.15, -0.1) is 5.10 Å². The maximum Gasteiger partial charge on any atom is 0.427 e. The van der Waals surface area contributed by atoms with Crippen LogP contribution >= 0.6 is 0 Å². The van der Waals surface area contributed by atoms with Crippen molar-refractivity contribution in [2.45, 2.75) is 31.8 Å². The van der Waals surface area contributed by atoms with Crippen molar-refractivity contribution in [1.29, 1.82) is 0 Å². The molecule has 6 nitrogen and oxygen atoms in total. The van der Waals surface area contributed by atoms with E-state index in [4.69, 9.17) is 4.74 Å². The summed E-state index contributed by atoms with van der Waals surface area (Å²) in [6.07, 6.45) is -7.60. The fourth-order valence-corrected chi connectivity index (χ4v) is 2.74. The molecule has 0 fully saturated rings. The zero-order valence-electron chi connectivity index (χ0n) is 16.9. The van der Waals surface area contributed by atoms with Gasteiger partial charge in [-0.2, -0.15) is 26.3 Å². The van der Waals surface area contributed by atoms with E-state index in [1.165, 1.54) is 6.07 Å². The molecule has 2 aromatic heterocycles. The van der Waals surface area contributed by atoms with Crippen LogP contribution < -0.4 is 10.1 Å². The molecule has 0 aliphatic rings. The fourth-order valence-electron chi connectivity index (χ4n) is 2.74. The van der Waals surface area contributed by atoms with Crippen LogP contribution in [0.3, 0.4) is 0 Å². The zero-order valence-corrected chi connectivity index (χ0v) is 16.9. The standard InChI is InChI=1S/C20H15F7N4O2/c1-18(2,20(25,26)27)33-15-4-11(3-13(21)6-15)16-7-17(29-10-32)30-31(16)14-5-12(8-28-9-14)19(22,23)24/h3-10H,1-2H3,(H,29,30,32). The number of carbonyl (C=O) groups excluding carboxylic acids is 1. The summed E-state index contributed by atoms with van der Waals surface area (Å²) >= 11 is 0. The van der Waals surface area contributed by atoms with Gasteiger partial charge in [-0.25, -0.2) is 9.07 Å². The molecule has 0 aliphatic heterocycles. The van der Waals surface area contributed by atoms with E-state index < -0.39 is 35.1 Å². The minimum Gasteiger partial charge on any atom is -0.478 e. The van der Waals surface area contributed by atoms with Crippen LogP contribution in [0.4, 0.5) is 36.6 Å². The molecule has 1 amide bonds. The van der Waals surface area contributed by atoms with Gasteiger partial charge in [-0.1, -0.05) is 0 Å². The number of nitrogens with zero attached hydrogens (tertiary/aromatic N) is 3. The molecule has 0 bridgehead atoms. The number of hydrogen-bond acceptors (Lipinski definition) is 4. The van der Waals surface area contributed by atoms with Crippen molar-refractivity contribution < 1.29 is 40.3 Å². The first-order chi connectivity index (χ1) is 15.2. The van der Waals surface area contributed by atoms with E-state index in [1.54, 1.807) is 0 Å². The molecule has 33 heavy (non-hydrogen) atoms. The molecule has 0 spiro atoms. The van der Waals surface area contributed by atoms with Gasteiger partial charge in [-0.3, -0.25) is 9.78 Å². The Morgan fingerprint density at radius 3 is 2.30 bits per heavy atom. The maximum atomic E-state index is 14.3. The van der Waals surface area contributed by atoms with Gasteiger partial charge in [0.1, 0.15) is 11.6 Å². The number of rotatable bonds is 6. The Bertz CT molecular complexity index is 1170. The number of benzene rings is 1. The number of ether oxygens (including phenoxy) is 1. The number of alkyl halides is 6. The van der Waals surface area contributed by atoms with Crippen LogP contribution in [0.2, 0.25) is 0 Å². The molecule has 176 valence electrons. The molecule has 2 heterocycles. The van der Waals surface area contributed by atoms with Crippen molar-refractivity contribution in [1.82, 2.24) is 14.8 Å². The Hall–Kier alpha value is -3.64. The summed E-state index contributed by atoms with van der Waals surface area (Å²) in [7, 11) is 0. The van der Waals surface area contributed by atoms with Crippen LogP contribution in [0, 0.1) is 5.82 Å². The second kappa shape index (κ2) is 8.37. The highest BCUT2D eigenvalue weighted by Crippen LogP contribution is 2.37. The Balaban J connectivity index is 2.14. The summed E-state index contributed by atoms with van der Waals surface area (Å²) in [5.41, 5.74) is -4.07. The SMILES string of the molecule is CC(C)(Oc1cc(F)cc(-c2cc(NC=O)nn2-c2cncc(C(F)(F)F)c2)c1)C(F)(F)F. The predicted octanol–water partition coefficient (Wildman–Crippen LogP) is 5.38. The number of pyridine rings is 1. The molecule has 0 aliphatic carbocycles. The van der Waals surface area contributed by atoms with E-state index in [-0.39, 0.29) is 29.2 Å². The highest BCUT2D eigenvalue weighted by molar-refractivity contribution is 5.74. The summed E-state index contributed by atoms with van der Waals surface area (Å²) < 4.78 is 99.0. The third-order valence-electron chi connectivity index (χ3n) is 4.43. The van der Waals surface area contributed by atoms with Gasteiger partial charge in [0.05, 0.1) is 23.1 Å². The molecule has 1 aromatic carbocycles. The molecule has 13 heteroatoms. The lowest BCUT2D eigenvalue weighted by Gasteiger charge is -2.29. The topological polar surface area (TPSA) is 69.0 Å². The van der Waals surface area contributed by atoms with Crippen LogP contribution in [-0.2, 0) is 11.0 Å². The molecular formula is C20H15F7N4O2. The molecular weight excluding hydrogens is 461 g/mol. The Morgan fingerprint density at radius 1 is 1.00 bits per heavy atom. The van der Waals surface area contributed by atoms with Crippen molar-refractivity contribution in [2.75, 3.05) is 5.32 Å². The van der Waals surface area contributed by atoms with Crippen LogP contribution in [0.15, 0.2) is 42.7 Å². The second-order valence-electron chi connectivity index (χ2n) is 7.30. The normalized spacial score (nSPS) is 12.5. The first-order valence-electron chi connectivity index (χ1n) is 9.11. The van der Waals surface area contributed by atoms with Crippen molar-refractivity contribution in [3.05, 3.63) is 54.1 Å². The number of halogens is 7. The van der Waals surface area contributed by atoms with Crippen molar-refractivity contribution in [2.24, 2.45) is 0 Å². The van der Waals surface area contributed by atoms with Gasteiger partial charge in [-0.05, 0) is 32.0 Å². The summed E-state index contributed by atoms with van der Waals surface area (Å²) in [4.78, 5) is 14.3. The van der Waals surface area contributed by atoms with Gasteiger partial charge in [0, 0.05) is 23.9 Å². The summed E-state index contributed by atoms with van der Waals surface area (Å²) in [5, 5.41) is 6.18. The van der Waals surface area contributed by atoms with Crippen molar-refractivity contribution in [3.8, 4) is 22.7 Å². The monoisotopic (exact) mass is 476 g/mol. The molecule has 0 atom stereocenters. The summed E-state index contributed by atoms with van der Waals surface area (Å²) in [6, 6.07) is 4.64. The lowest BCUT2D eigenvalue weighted by molar-refractivity contribution is -0.234. The third kappa shape index (κ3) is 5.23. The summed E-state index contributed by atoms with van der Waals surface area (Å²) in [5.74, 6) is -1.56. The lowest BCUT2D eigenvalue weighted by atomic mass is 10.1. The quantitative estimate of drug-likeness (QED) is 0.383. The Kier molecular flexibility index (Phi) is 6.09. The molecule has 1 N–H and O–H groups in total. The molecule has 0 unspecified atom stereocenters. The van der Waals surface area contributed by atoms with Gasteiger partial charge < -0.3 is 10.1 Å². The van der Waals surface area contributed by atoms with Gasteiger partial charge >= 0.3 is 12.4 Å². The smallest absolute Gasteiger partial charge is 0.427 e. The number of amides is 1. The van der Waals surface area contributed by atoms with Crippen LogP contribution in [-0.4, -0.2) is 33.0 Å². The molecule has 0 saturated carbocycles. The number of hydrogen-bond donors (Lipinski definition) is 1. The van der Waals surface area contributed by atoms with Crippen LogP contribution in [0.1, 0.15) is 19.4 Å². The van der Waals surface area contributed by atoms with E-state index in [1.807, 2.05) is 0 Å². The molecule has 0 radical (unpaired) electrons. The Labute approximate surface area is 182 Å². The van der Waals surface area contributed by atoms with E-state index in [0.717, 1.165) is 49.0 Å². The first-order valence-corrected chi connectivity index (χ1v) is 9.11.